The topological polar surface area (TPSA) is 46.6 Å². The molecule has 1 aliphatic heterocycles. The lowest BCUT2D eigenvalue weighted by atomic mass is 9.98. The SMILES string of the molecule is CC(=O)[C@@H]1c2ccccc2CN1C(=O)OCC1c2ccccc2-c2ccccc21. The van der Waals surface area contributed by atoms with Crippen LogP contribution in [0.3, 0.4) is 0 Å². The van der Waals surface area contributed by atoms with E-state index in [1.165, 1.54) is 29.2 Å². The molecule has 1 amide bonds. The lowest BCUT2D eigenvalue weighted by molar-refractivity contribution is -0.121. The van der Waals surface area contributed by atoms with Crippen molar-refractivity contribution in [3.63, 3.8) is 0 Å². The van der Waals surface area contributed by atoms with Gasteiger partial charge < -0.3 is 4.74 Å². The average Bonchev–Trinajstić information content (AvgIpc) is 3.28. The molecular formula is C25H21NO3. The zero-order valence-electron chi connectivity index (χ0n) is 16.2. The van der Waals surface area contributed by atoms with Crippen LogP contribution in [0.4, 0.5) is 4.79 Å². The van der Waals surface area contributed by atoms with Crippen LogP contribution in [0, 0.1) is 0 Å². The van der Waals surface area contributed by atoms with Crippen LogP contribution < -0.4 is 0 Å². The molecule has 0 unspecified atom stereocenters. The summed E-state index contributed by atoms with van der Waals surface area (Å²) in [6.45, 7) is 2.18. The second kappa shape index (κ2) is 6.89. The summed E-state index contributed by atoms with van der Waals surface area (Å²) in [5.41, 5.74) is 6.64. The Balaban J connectivity index is 1.38. The molecule has 0 saturated heterocycles. The van der Waals surface area contributed by atoms with Crippen molar-refractivity contribution in [3.05, 3.63) is 95.1 Å². The number of carbonyl (C=O) groups excluding carboxylic acids is 2. The van der Waals surface area contributed by atoms with Gasteiger partial charge in [0, 0.05) is 5.92 Å². The van der Waals surface area contributed by atoms with Gasteiger partial charge in [-0.25, -0.2) is 4.79 Å². The highest BCUT2D eigenvalue weighted by Crippen LogP contribution is 2.44. The number of fused-ring (bicyclic) bond motifs is 4. The van der Waals surface area contributed by atoms with Crippen molar-refractivity contribution in [1.29, 1.82) is 0 Å². The predicted molar refractivity (Wildman–Crippen MR) is 110 cm³/mol. The van der Waals surface area contributed by atoms with E-state index in [0.717, 1.165) is 11.1 Å². The lowest BCUT2D eigenvalue weighted by Crippen LogP contribution is -2.34. The van der Waals surface area contributed by atoms with E-state index in [0.29, 0.717) is 6.54 Å². The van der Waals surface area contributed by atoms with Crippen molar-refractivity contribution >= 4 is 11.9 Å². The summed E-state index contributed by atoms with van der Waals surface area (Å²) in [7, 11) is 0. The van der Waals surface area contributed by atoms with Gasteiger partial charge in [0.1, 0.15) is 12.6 Å². The molecule has 5 rings (SSSR count). The summed E-state index contributed by atoms with van der Waals surface area (Å²) >= 11 is 0. The number of rotatable bonds is 3. The van der Waals surface area contributed by atoms with E-state index in [1.807, 2.05) is 48.5 Å². The molecule has 4 nitrogen and oxygen atoms in total. The zero-order valence-corrected chi connectivity index (χ0v) is 16.2. The molecule has 1 heterocycles. The van der Waals surface area contributed by atoms with Gasteiger partial charge in [0.05, 0.1) is 6.54 Å². The number of carbonyl (C=O) groups is 2. The van der Waals surface area contributed by atoms with E-state index >= 15 is 0 Å². The molecule has 0 fully saturated rings. The monoisotopic (exact) mass is 383 g/mol. The highest BCUT2D eigenvalue weighted by molar-refractivity contribution is 5.88. The van der Waals surface area contributed by atoms with E-state index in [1.54, 1.807) is 4.90 Å². The van der Waals surface area contributed by atoms with Crippen LogP contribution in [0.15, 0.2) is 72.8 Å². The fourth-order valence-electron chi connectivity index (χ4n) is 4.67. The minimum atomic E-state index is -0.568. The van der Waals surface area contributed by atoms with Crippen molar-refractivity contribution in [1.82, 2.24) is 4.90 Å². The van der Waals surface area contributed by atoms with Gasteiger partial charge >= 0.3 is 6.09 Å². The molecule has 0 aromatic heterocycles. The minimum Gasteiger partial charge on any atom is -0.448 e. The first-order valence-electron chi connectivity index (χ1n) is 9.85. The third-order valence-corrected chi connectivity index (χ3v) is 5.96. The standard InChI is InChI=1S/C25H21NO3/c1-16(27)24-18-9-3-2-8-17(18)14-26(24)25(28)29-15-23-21-12-6-4-10-19(21)20-11-5-7-13-22(20)23/h2-13,23-24H,14-15H2,1H3/t24-/m1/s1. The summed E-state index contributed by atoms with van der Waals surface area (Å²) in [5, 5.41) is 0. The minimum absolute atomic E-state index is 0.00658. The van der Waals surface area contributed by atoms with Crippen LogP contribution in [0.25, 0.3) is 11.1 Å². The van der Waals surface area contributed by atoms with Crippen LogP contribution in [0.1, 0.15) is 41.1 Å². The first-order chi connectivity index (χ1) is 14.1. The van der Waals surface area contributed by atoms with Crippen LogP contribution >= 0.6 is 0 Å². The molecule has 0 saturated carbocycles. The Labute approximate surface area is 169 Å². The molecule has 0 N–H and O–H groups in total. The largest absolute Gasteiger partial charge is 0.448 e. The fourth-order valence-corrected chi connectivity index (χ4v) is 4.67. The van der Waals surface area contributed by atoms with Crippen LogP contribution in [-0.4, -0.2) is 23.4 Å². The Morgan fingerprint density at radius 2 is 1.41 bits per heavy atom. The van der Waals surface area contributed by atoms with Crippen LogP contribution in [-0.2, 0) is 16.1 Å². The molecule has 4 heteroatoms. The van der Waals surface area contributed by atoms with Gasteiger partial charge in [0.15, 0.2) is 5.78 Å². The zero-order chi connectivity index (χ0) is 20.0. The van der Waals surface area contributed by atoms with Gasteiger partial charge in [0.2, 0.25) is 0 Å². The molecule has 2 aliphatic rings. The van der Waals surface area contributed by atoms with Crippen molar-refractivity contribution in [2.75, 3.05) is 6.61 Å². The first-order valence-corrected chi connectivity index (χ1v) is 9.85. The Morgan fingerprint density at radius 1 is 0.862 bits per heavy atom. The van der Waals surface area contributed by atoms with Gasteiger partial charge in [-0.05, 0) is 40.3 Å². The van der Waals surface area contributed by atoms with Gasteiger partial charge in [-0.1, -0.05) is 72.8 Å². The Morgan fingerprint density at radius 3 is 2.03 bits per heavy atom. The Kier molecular flexibility index (Phi) is 4.20. The number of hydrogen-bond donors (Lipinski definition) is 0. The van der Waals surface area contributed by atoms with E-state index in [2.05, 4.69) is 24.3 Å². The number of nitrogens with zero attached hydrogens (tertiary/aromatic N) is 1. The third-order valence-electron chi connectivity index (χ3n) is 5.96. The molecule has 0 radical (unpaired) electrons. The van der Waals surface area contributed by atoms with E-state index in [9.17, 15) is 9.59 Å². The molecule has 0 bridgehead atoms. The lowest BCUT2D eigenvalue weighted by Gasteiger charge is -2.24. The summed E-state index contributed by atoms with van der Waals surface area (Å²) < 4.78 is 5.77. The van der Waals surface area contributed by atoms with Gasteiger partial charge in [-0.3, -0.25) is 9.69 Å². The summed E-state index contributed by atoms with van der Waals surface area (Å²) in [6.07, 6.45) is -0.441. The molecule has 29 heavy (non-hydrogen) atoms. The predicted octanol–water partition coefficient (Wildman–Crippen LogP) is 5.08. The van der Waals surface area contributed by atoms with Crippen LogP contribution in [0.5, 0.6) is 0 Å². The number of amides is 1. The van der Waals surface area contributed by atoms with Crippen molar-refractivity contribution in [2.45, 2.75) is 25.4 Å². The quantitative estimate of drug-likeness (QED) is 0.633. The number of hydrogen-bond acceptors (Lipinski definition) is 3. The number of ketones is 1. The van der Waals surface area contributed by atoms with Crippen molar-refractivity contribution in [3.8, 4) is 11.1 Å². The van der Waals surface area contributed by atoms with E-state index in [-0.39, 0.29) is 18.3 Å². The maximum Gasteiger partial charge on any atom is 0.410 e. The summed E-state index contributed by atoms with van der Waals surface area (Å²) in [5.74, 6) is -0.0458. The van der Waals surface area contributed by atoms with Crippen molar-refractivity contribution in [2.24, 2.45) is 0 Å². The normalized spacial score (nSPS) is 16.9. The Bertz CT molecular complexity index is 1070. The van der Waals surface area contributed by atoms with Gasteiger partial charge in [-0.15, -0.1) is 0 Å². The first kappa shape index (κ1) is 17.7. The molecular weight excluding hydrogens is 362 g/mol. The maximum absolute atomic E-state index is 13.0. The summed E-state index contributed by atoms with van der Waals surface area (Å²) in [6, 6.07) is 23.6. The smallest absolute Gasteiger partial charge is 0.410 e. The number of ether oxygens (including phenoxy) is 1. The van der Waals surface area contributed by atoms with Gasteiger partial charge in [-0.2, -0.15) is 0 Å². The maximum atomic E-state index is 13.0. The molecule has 1 aliphatic carbocycles. The van der Waals surface area contributed by atoms with Gasteiger partial charge in [0.25, 0.3) is 0 Å². The molecule has 144 valence electrons. The highest BCUT2D eigenvalue weighted by Gasteiger charge is 2.38. The molecule has 0 spiro atoms. The van der Waals surface area contributed by atoms with E-state index < -0.39 is 12.1 Å². The Hall–Kier alpha value is -3.40. The average molecular weight is 383 g/mol. The van der Waals surface area contributed by atoms with Crippen LogP contribution in [0.2, 0.25) is 0 Å². The second-order valence-electron chi connectivity index (χ2n) is 7.64. The fraction of sp³-hybridized carbons (Fsp3) is 0.200. The number of benzene rings is 3. The number of Topliss-reactive ketones (excluding diaryl/α,β-unsaturated/α-hetero) is 1. The molecule has 1 atom stereocenters. The second-order valence-corrected chi connectivity index (χ2v) is 7.64. The molecule has 3 aromatic carbocycles. The molecule has 3 aromatic rings. The van der Waals surface area contributed by atoms with E-state index in [4.69, 9.17) is 4.74 Å². The summed E-state index contributed by atoms with van der Waals surface area (Å²) in [4.78, 5) is 26.8. The highest BCUT2D eigenvalue weighted by atomic mass is 16.6. The third kappa shape index (κ3) is 2.83. The van der Waals surface area contributed by atoms with Crippen molar-refractivity contribution < 1.29 is 14.3 Å².